The third-order valence-corrected chi connectivity index (χ3v) is 12.1. The van der Waals surface area contributed by atoms with E-state index in [0.29, 0.717) is 0 Å². The highest BCUT2D eigenvalue weighted by molar-refractivity contribution is 7.25. The molecule has 5 heteroatoms. The summed E-state index contributed by atoms with van der Waals surface area (Å²) in [5, 5.41) is 4.64. The van der Waals surface area contributed by atoms with E-state index in [9.17, 15) is 0 Å². The van der Waals surface area contributed by atoms with Crippen molar-refractivity contribution in [1.29, 1.82) is 0 Å². The summed E-state index contributed by atoms with van der Waals surface area (Å²) in [4.78, 5) is 7.02. The van der Waals surface area contributed by atoms with Gasteiger partial charge in [0.15, 0.2) is 0 Å². The number of fused-ring (bicyclic) bond motifs is 6. The van der Waals surface area contributed by atoms with Crippen LogP contribution in [0, 0.1) is 0 Å². The number of hydrogen-bond acceptors (Lipinski definition) is 5. The molecule has 59 heavy (non-hydrogen) atoms. The lowest BCUT2D eigenvalue weighted by Crippen LogP contribution is -2.13. The Morgan fingerprint density at radius 2 is 0.695 bits per heavy atom. The van der Waals surface area contributed by atoms with Crippen molar-refractivity contribution in [2.75, 3.05) is 14.7 Å². The molecule has 0 amide bonds. The molecule has 0 spiro atoms. The zero-order valence-corrected chi connectivity index (χ0v) is 32.8. The summed E-state index contributed by atoms with van der Waals surface area (Å²) in [6.07, 6.45) is 0. The van der Waals surface area contributed by atoms with Gasteiger partial charge in [-0.2, -0.15) is 0 Å². The van der Waals surface area contributed by atoms with Gasteiger partial charge in [-0.15, -0.1) is 11.3 Å². The van der Waals surface area contributed by atoms with E-state index in [1.807, 2.05) is 17.4 Å². The van der Waals surface area contributed by atoms with Crippen LogP contribution in [0.4, 0.5) is 51.2 Å². The summed E-state index contributed by atoms with van der Waals surface area (Å²) >= 11 is 1.83. The van der Waals surface area contributed by atoms with Gasteiger partial charge in [0.2, 0.25) is 0 Å². The van der Waals surface area contributed by atoms with E-state index in [2.05, 4.69) is 233 Å². The topological polar surface area (TPSA) is 22.9 Å². The van der Waals surface area contributed by atoms with Crippen LogP contribution < -0.4 is 14.7 Å². The average molecular weight is 776 g/mol. The molecule has 0 atom stereocenters. The van der Waals surface area contributed by atoms with Gasteiger partial charge in [0.1, 0.15) is 11.2 Å². The van der Waals surface area contributed by atoms with Crippen molar-refractivity contribution in [3.05, 3.63) is 224 Å². The van der Waals surface area contributed by atoms with Gasteiger partial charge in [0.25, 0.3) is 0 Å². The summed E-state index contributed by atoms with van der Waals surface area (Å²) in [6, 6.07) is 79.6. The molecule has 11 aromatic rings. The van der Waals surface area contributed by atoms with Crippen molar-refractivity contribution >= 4 is 105 Å². The molecule has 0 aliphatic carbocycles. The molecule has 0 unspecified atom stereocenters. The summed E-state index contributed by atoms with van der Waals surface area (Å²) in [5.74, 6) is 0. The van der Waals surface area contributed by atoms with Gasteiger partial charge in [-0.05, 0) is 97.1 Å². The first-order valence-electron chi connectivity index (χ1n) is 19.8. The highest BCUT2D eigenvalue weighted by Gasteiger charge is 2.24. The second kappa shape index (κ2) is 14.7. The molecule has 11 rings (SSSR count). The van der Waals surface area contributed by atoms with Crippen molar-refractivity contribution < 1.29 is 4.42 Å². The Labute approximate surface area is 346 Å². The molecular formula is C54H37N3OS. The standard InChI is InChI=1S/C54H37N3OS/c1-6-18-38(19-7-1)55(39-20-8-2-9-21-39)43-30-32-46-47-33-31-44(37-53(47)59-52(46)36-43)56(40-22-10-3-11-23-40)45-34-49(54-48-28-16-17-29-50(48)58-51(54)35-45)57(41-24-12-4-13-25-41)42-26-14-5-15-27-42/h1-37H. The largest absolute Gasteiger partial charge is 0.456 e. The maximum Gasteiger partial charge on any atom is 0.139 e. The first-order valence-corrected chi connectivity index (χ1v) is 20.7. The quantitative estimate of drug-likeness (QED) is 0.146. The van der Waals surface area contributed by atoms with Crippen molar-refractivity contribution in [2.45, 2.75) is 0 Å². The fourth-order valence-electron chi connectivity index (χ4n) is 8.36. The molecule has 0 radical (unpaired) electrons. The number of benzene rings is 9. The second-order valence-corrected chi connectivity index (χ2v) is 15.7. The molecule has 0 aliphatic heterocycles. The Morgan fingerprint density at radius 1 is 0.288 bits per heavy atom. The minimum absolute atomic E-state index is 0.827. The number of nitrogens with zero attached hydrogens (tertiary/aromatic N) is 3. The molecule has 2 aromatic heterocycles. The third-order valence-electron chi connectivity index (χ3n) is 11.0. The zero-order chi connectivity index (χ0) is 39.1. The summed E-state index contributed by atoms with van der Waals surface area (Å²) in [5.41, 5.74) is 11.4. The number of rotatable bonds is 9. The summed E-state index contributed by atoms with van der Waals surface area (Å²) < 4.78 is 9.19. The number of furan rings is 1. The molecule has 0 fully saturated rings. The van der Waals surface area contributed by atoms with Crippen molar-refractivity contribution in [3.63, 3.8) is 0 Å². The number of anilines is 9. The minimum Gasteiger partial charge on any atom is -0.456 e. The first kappa shape index (κ1) is 34.6. The fourth-order valence-corrected chi connectivity index (χ4v) is 9.54. The van der Waals surface area contributed by atoms with E-state index < -0.39 is 0 Å². The number of hydrogen-bond donors (Lipinski definition) is 0. The van der Waals surface area contributed by atoms with Crippen LogP contribution in [0.25, 0.3) is 42.1 Å². The Balaban J connectivity index is 1.10. The molecule has 0 N–H and O–H groups in total. The lowest BCUT2D eigenvalue weighted by Gasteiger charge is -2.30. The van der Waals surface area contributed by atoms with Crippen molar-refractivity contribution in [2.24, 2.45) is 0 Å². The number of para-hydroxylation sites is 6. The van der Waals surface area contributed by atoms with Gasteiger partial charge in [-0.3, -0.25) is 0 Å². The van der Waals surface area contributed by atoms with Crippen LogP contribution in [-0.4, -0.2) is 0 Å². The lowest BCUT2D eigenvalue weighted by atomic mass is 10.1. The predicted molar refractivity (Wildman–Crippen MR) is 251 cm³/mol. The molecule has 4 nitrogen and oxygen atoms in total. The van der Waals surface area contributed by atoms with Crippen LogP contribution >= 0.6 is 11.3 Å². The number of thiophene rings is 1. The molecule has 0 bridgehead atoms. The van der Waals surface area contributed by atoms with Gasteiger partial charge in [-0.25, -0.2) is 0 Å². The SMILES string of the molecule is c1ccc(N(c2ccccc2)c2ccc3c(c2)sc2cc(N(c4ccccc4)c4cc(N(c5ccccc5)c5ccccc5)c5c(c4)oc4ccccc45)ccc23)cc1. The zero-order valence-electron chi connectivity index (χ0n) is 32.0. The highest BCUT2D eigenvalue weighted by atomic mass is 32.1. The van der Waals surface area contributed by atoms with Crippen molar-refractivity contribution in [1.82, 2.24) is 0 Å². The maximum absolute atomic E-state index is 6.73. The van der Waals surface area contributed by atoms with Crippen LogP contribution in [0.2, 0.25) is 0 Å². The highest BCUT2D eigenvalue weighted by Crippen LogP contribution is 2.48. The average Bonchev–Trinajstić information content (AvgIpc) is 3.86. The van der Waals surface area contributed by atoms with Crippen LogP contribution in [0.15, 0.2) is 229 Å². The lowest BCUT2D eigenvalue weighted by molar-refractivity contribution is 0.669. The Bertz CT molecular complexity index is 3140. The van der Waals surface area contributed by atoms with E-state index in [1.165, 1.54) is 20.2 Å². The summed E-state index contributed by atoms with van der Waals surface area (Å²) in [7, 11) is 0. The van der Waals surface area contributed by atoms with Crippen LogP contribution in [0.1, 0.15) is 0 Å². The van der Waals surface area contributed by atoms with Gasteiger partial charge >= 0.3 is 0 Å². The molecule has 0 saturated heterocycles. The second-order valence-electron chi connectivity index (χ2n) is 14.6. The van der Waals surface area contributed by atoms with E-state index in [-0.39, 0.29) is 0 Å². The van der Waals surface area contributed by atoms with Gasteiger partial charge < -0.3 is 19.1 Å². The molecule has 0 saturated carbocycles. The fraction of sp³-hybridized carbons (Fsp3) is 0. The minimum atomic E-state index is 0.827. The maximum atomic E-state index is 6.73. The van der Waals surface area contributed by atoms with E-state index in [4.69, 9.17) is 4.42 Å². The van der Waals surface area contributed by atoms with Crippen molar-refractivity contribution in [3.8, 4) is 0 Å². The third kappa shape index (κ3) is 6.25. The monoisotopic (exact) mass is 775 g/mol. The molecule has 2 heterocycles. The van der Waals surface area contributed by atoms with Gasteiger partial charge in [-0.1, -0.05) is 121 Å². The Hall–Kier alpha value is -7.60. The van der Waals surface area contributed by atoms with Gasteiger partial charge in [0.05, 0.1) is 16.8 Å². The predicted octanol–water partition coefficient (Wildman–Crippen LogP) is 16.4. The Morgan fingerprint density at radius 3 is 1.17 bits per heavy atom. The van der Waals surface area contributed by atoms with Crippen LogP contribution in [0.5, 0.6) is 0 Å². The smallest absolute Gasteiger partial charge is 0.139 e. The molecule has 0 aliphatic rings. The molecule has 280 valence electrons. The Kier molecular flexibility index (Phi) is 8.64. The summed E-state index contributed by atoms with van der Waals surface area (Å²) in [6.45, 7) is 0. The van der Waals surface area contributed by atoms with E-state index in [1.54, 1.807) is 0 Å². The van der Waals surface area contributed by atoms with Crippen LogP contribution in [0.3, 0.4) is 0 Å². The normalized spacial score (nSPS) is 11.4. The van der Waals surface area contributed by atoms with E-state index >= 15 is 0 Å². The molecular weight excluding hydrogens is 739 g/mol. The van der Waals surface area contributed by atoms with Gasteiger partial charge in [0, 0.05) is 71.4 Å². The molecule has 9 aromatic carbocycles. The first-order chi connectivity index (χ1) is 29.3. The van der Waals surface area contributed by atoms with Crippen LogP contribution in [-0.2, 0) is 0 Å². The van der Waals surface area contributed by atoms with E-state index in [0.717, 1.165) is 73.1 Å².